The molecule has 0 aliphatic carbocycles. The van der Waals surface area contributed by atoms with Gasteiger partial charge in [0.25, 0.3) is 0 Å². The highest BCUT2D eigenvalue weighted by molar-refractivity contribution is 9.10. The van der Waals surface area contributed by atoms with Crippen LogP contribution in [0.25, 0.3) is 0 Å². The Morgan fingerprint density at radius 1 is 1.40 bits per heavy atom. The minimum atomic E-state index is -0.362. The third-order valence-corrected chi connectivity index (χ3v) is 4.70. The van der Waals surface area contributed by atoms with E-state index >= 15 is 0 Å². The van der Waals surface area contributed by atoms with E-state index in [2.05, 4.69) is 46.2 Å². The molecule has 0 aliphatic heterocycles. The second-order valence-electron chi connectivity index (χ2n) is 4.73. The Morgan fingerprint density at radius 3 is 2.85 bits per heavy atom. The van der Waals surface area contributed by atoms with Crippen molar-refractivity contribution in [3.05, 3.63) is 46.2 Å². The SMILES string of the molecule is CCc1cc(CC(O)CSc2cccc(Br)c2)n(C)n1. The monoisotopic (exact) mass is 354 g/mol. The van der Waals surface area contributed by atoms with Crippen LogP contribution in [0.1, 0.15) is 18.3 Å². The van der Waals surface area contributed by atoms with Crippen molar-refractivity contribution in [1.82, 2.24) is 9.78 Å². The summed E-state index contributed by atoms with van der Waals surface area (Å²) in [6, 6.07) is 10.2. The first-order chi connectivity index (χ1) is 9.58. The van der Waals surface area contributed by atoms with Crippen molar-refractivity contribution >= 4 is 27.7 Å². The van der Waals surface area contributed by atoms with E-state index in [-0.39, 0.29) is 6.10 Å². The Hall–Kier alpha value is -0.780. The standard InChI is InChI=1S/C15H19BrN2OS/c1-3-12-8-13(18(2)17-12)9-14(19)10-20-15-6-4-5-11(16)7-15/h4-8,14,19H,3,9-10H2,1-2H3. The van der Waals surface area contributed by atoms with Gasteiger partial charge in [-0.25, -0.2) is 0 Å². The molecule has 1 aromatic heterocycles. The normalized spacial score (nSPS) is 12.6. The number of rotatable bonds is 6. The summed E-state index contributed by atoms with van der Waals surface area (Å²) in [5, 5.41) is 14.6. The van der Waals surface area contributed by atoms with Crippen LogP contribution in [0.3, 0.4) is 0 Å². The summed E-state index contributed by atoms with van der Waals surface area (Å²) in [6.45, 7) is 2.09. The highest BCUT2D eigenvalue weighted by Crippen LogP contribution is 2.23. The molecule has 20 heavy (non-hydrogen) atoms. The maximum Gasteiger partial charge on any atom is 0.0689 e. The van der Waals surface area contributed by atoms with E-state index in [0.29, 0.717) is 12.2 Å². The van der Waals surface area contributed by atoms with Crippen LogP contribution in [0.15, 0.2) is 39.7 Å². The molecule has 0 radical (unpaired) electrons. The summed E-state index contributed by atoms with van der Waals surface area (Å²) in [4.78, 5) is 1.16. The third-order valence-electron chi connectivity index (χ3n) is 3.07. The molecule has 0 saturated heterocycles. The average molecular weight is 355 g/mol. The van der Waals surface area contributed by atoms with Crippen LogP contribution in [0.5, 0.6) is 0 Å². The van der Waals surface area contributed by atoms with E-state index < -0.39 is 0 Å². The van der Waals surface area contributed by atoms with Gasteiger partial charge in [0.1, 0.15) is 0 Å². The van der Waals surface area contributed by atoms with Crippen LogP contribution in [-0.2, 0) is 19.9 Å². The highest BCUT2D eigenvalue weighted by Gasteiger charge is 2.11. The van der Waals surface area contributed by atoms with Gasteiger partial charge < -0.3 is 5.11 Å². The maximum absolute atomic E-state index is 10.2. The summed E-state index contributed by atoms with van der Waals surface area (Å²) < 4.78 is 2.93. The van der Waals surface area contributed by atoms with Crippen molar-refractivity contribution in [2.45, 2.75) is 30.8 Å². The quantitative estimate of drug-likeness (QED) is 0.807. The number of thioether (sulfide) groups is 1. The van der Waals surface area contributed by atoms with Gasteiger partial charge in [0.05, 0.1) is 11.8 Å². The van der Waals surface area contributed by atoms with Gasteiger partial charge >= 0.3 is 0 Å². The lowest BCUT2D eigenvalue weighted by atomic mass is 10.2. The minimum Gasteiger partial charge on any atom is -0.392 e. The summed E-state index contributed by atoms with van der Waals surface area (Å²) >= 11 is 5.13. The molecule has 1 aromatic carbocycles. The van der Waals surface area contributed by atoms with Crippen LogP contribution in [0.4, 0.5) is 0 Å². The van der Waals surface area contributed by atoms with Crippen LogP contribution in [0, 0.1) is 0 Å². The van der Waals surface area contributed by atoms with Gasteiger partial charge in [0.2, 0.25) is 0 Å². The van der Waals surface area contributed by atoms with E-state index in [1.165, 1.54) is 0 Å². The molecule has 5 heteroatoms. The molecule has 0 bridgehead atoms. The predicted octanol–water partition coefficient (Wildman–Crippen LogP) is 3.44. The van der Waals surface area contributed by atoms with E-state index in [1.54, 1.807) is 11.8 Å². The zero-order valence-electron chi connectivity index (χ0n) is 11.7. The Bertz CT molecular complexity index is 571. The van der Waals surface area contributed by atoms with Crippen molar-refractivity contribution in [3.63, 3.8) is 0 Å². The van der Waals surface area contributed by atoms with Gasteiger partial charge in [-0.3, -0.25) is 4.68 Å². The van der Waals surface area contributed by atoms with Crippen molar-refractivity contribution in [1.29, 1.82) is 0 Å². The zero-order chi connectivity index (χ0) is 14.5. The molecular weight excluding hydrogens is 336 g/mol. The number of aliphatic hydroxyl groups is 1. The second-order valence-corrected chi connectivity index (χ2v) is 6.74. The Morgan fingerprint density at radius 2 is 2.20 bits per heavy atom. The molecule has 0 fully saturated rings. The number of benzene rings is 1. The first-order valence-corrected chi connectivity index (χ1v) is 8.44. The molecular formula is C15H19BrN2OS. The van der Waals surface area contributed by atoms with Gasteiger partial charge in [0, 0.05) is 34.3 Å². The number of aryl methyl sites for hydroxylation is 2. The number of hydrogen-bond acceptors (Lipinski definition) is 3. The molecule has 108 valence electrons. The number of halogens is 1. The smallest absolute Gasteiger partial charge is 0.0689 e. The van der Waals surface area contributed by atoms with Crippen molar-refractivity contribution < 1.29 is 5.11 Å². The minimum absolute atomic E-state index is 0.362. The zero-order valence-corrected chi connectivity index (χ0v) is 14.1. The molecule has 1 atom stereocenters. The van der Waals surface area contributed by atoms with Crippen LogP contribution in [-0.4, -0.2) is 26.7 Å². The molecule has 2 rings (SSSR count). The molecule has 3 nitrogen and oxygen atoms in total. The molecule has 1 N–H and O–H groups in total. The number of aliphatic hydroxyl groups excluding tert-OH is 1. The van der Waals surface area contributed by atoms with E-state index in [4.69, 9.17) is 0 Å². The number of nitrogens with zero attached hydrogens (tertiary/aromatic N) is 2. The molecule has 2 aromatic rings. The van der Waals surface area contributed by atoms with Crippen molar-refractivity contribution in [2.24, 2.45) is 7.05 Å². The van der Waals surface area contributed by atoms with Gasteiger partial charge in [-0.05, 0) is 30.7 Å². The summed E-state index contributed by atoms with van der Waals surface area (Å²) in [6.07, 6.45) is 1.21. The van der Waals surface area contributed by atoms with E-state index in [9.17, 15) is 5.11 Å². The number of hydrogen-bond donors (Lipinski definition) is 1. The first kappa shape index (κ1) is 15.6. The molecule has 0 saturated carbocycles. The van der Waals surface area contributed by atoms with Crippen LogP contribution < -0.4 is 0 Å². The molecule has 1 heterocycles. The summed E-state index contributed by atoms with van der Waals surface area (Å²) in [7, 11) is 1.93. The third kappa shape index (κ3) is 4.36. The fourth-order valence-electron chi connectivity index (χ4n) is 1.98. The second kappa shape index (κ2) is 7.29. The topological polar surface area (TPSA) is 38.0 Å². The average Bonchev–Trinajstić information content (AvgIpc) is 2.77. The van der Waals surface area contributed by atoms with Gasteiger partial charge in [-0.2, -0.15) is 5.10 Å². The van der Waals surface area contributed by atoms with E-state index in [1.807, 2.05) is 23.9 Å². The lowest BCUT2D eigenvalue weighted by molar-refractivity contribution is 0.197. The van der Waals surface area contributed by atoms with Crippen molar-refractivity contribution in [2.75, 3.05) is 5.75 Å². The molecule has 0 spiro atoms. The largest absolute Gasteiger partial charge is 0.392 e. The van der Waals surface area contributed by atoms with Gasteiger partial charge in [-0.1, -0.05) is 28.9 Å². The summed E-state index contributed by atoms with van der Waals surface area (Å²) in [5.74, 6) is 0.684. The lowest BCUT2D eigenvalue weighted by Crippen LogP contribution is -2.15. The molecule has 0 aliphatic rings. The Kier molecular flexibility index (Phi) is 5.69. The fourth-order valence-corrected chi connectivity index (χ4v) is 3.42. The lowest BCUT2D eigenvalue weighted by Gasteiger charge is -2.10. The van der Waals surface area contributed by atoms with Crippen molar-refractivity contribution in [3.8, 4) is 0 Å². The highest BCUT2D eigenvalue weighted by atomic mass is 79.9. The van der Waals surface area contributed by atoms with Crippen LogP contribution >= 0.6 is 27.7 Å². The predicted molar refractivity (Wildman–Crippen MR) is 87.2 cm³/mol. The maximum atomic E-state index is 10.2. The van der Waals surface area contributed by atoms with Gasteiger partial charge in [-0.15, -0.1) is 11.8 Å². The Balaban J connectivity index is 1.89. The fraction of sp³-hybridized carbons (Fsp3) is 0.400. The molecule has 0 amide bonds. The Labute approximate surface area is 132 Å². The van der Waals surface area contributed by atoms with Gasteiger partial charge in [0.15, 0.2) is 0 Å². The number of aromatic nitrogens is 2. The summed E-state index contributed by atoms with van der Waals surface area (Å²) in [5.41, 5.74) is 2.17. The molecule has 1 unspecified atom stereocenters. The first-order valence-electron chi connectivity index (χ1n) is 6.66. The van der Waals surface area contributed by atoms with Crippen LogP contribution in [0.2, 0.25) is 0 Å². The van der Waals surface area contributed by atoms with E-state index in [0.717, 1.165) is 27.2 Å².